The third-order valence-electron chi connectivity index (χ3n) is 2.59. The number of nitrogens with one attached hydrogen (secondary N) is 2. The van der Waals surface area contributed by atoms with E-state index in [4.69, 9.17) is 5.26 Å². The molecule has 20 heavy (non-hydrogen) atoms. The molecule has 0 saturated carbocycles. The number of hydrogen-bond donors (Lipinski definition) is 2. The zero-order chi connectivity index (χ0) is 14.6. The average Bonchev–Trinajstić information content (AvgIpc) is 2.91. The summed E-state index contributed by atoms with van der Waals surface area (Å²) in [5, 5.41) is 8.84. The maximum Gasteiger partial charge on any atom is 0.242 e. The molecule has 6 nitrogen and oxygen atoms in total. The molecular formula is C12H11FN4O2S. The summed E-state index contributed by atoms with van der Waals surface area (Å²) in [4.78, 5) is 6.43. The van der Waals surface area contributed by atoms with E-state index in [0.29, 0.717) is 12.2 Å². The number of imidazole rings is 1. The maximum atomic E-state index is 13.4. The Balaban J connectivity index is 2.15. The molecular weight excluding hydrogens is 283 g/mol. The van der Waals surface area contributed by atoms with Crippen molar-refractivity contribution < 1.29 is 12.8 Å². The first kappa shape index (κ1) is 14.2. The van der Waals surface area contributed by atoms with Gasteiger partial charge in [-0.25, -0.2) is 22.5 Å². The van der Waals surface area contributed by atoms with Crippen LogP contribution in [0.5, 0.6) is 0 Å². The summed E-state index contributed by atoms with van der Waals surface area (Å²) in [5.74, 6) is -0.228. The van der Waals surface area contributed by atoms with E-state index in [9.17, 15) is 12.8 Å². The summed E-state index contributed by atoms with van der Waals surface area (Å²) in [5.41, 5.74) is -0.488. The highest BCUT2D eigenvalue weighted by atomic mass is 32.2. The molecule has 0 aliphatic heterocycles. The molecule has 1 aromatic carbocycles. The number of nitriles is 1. The number of aromatic nitrogens is 2. The Morgan fingerprint density at radius 3 is 2.90 bits per heavy atom. The van der Waals surface area contributed by atoms with E-state index in [1.165, 1.54) is 12.1 Å². The van der Waals surface area contributed by atoms with Crippen molar-refractivity contribution in [2.75, 3.05) is 6.54 Å². The molecule has 2 rings (SSSR count). The minimum Gasteiger partial charge on any atom is -0.349 e. The molecule has 0 saturated heterocycles. The van der Waals surface area contributed by atoms with Crippen molar-refractivity contribution in [1.29, 1.82) is 5.26 Å². The van der Waals surface area contributed by atoms with E-state index in [2.05, 4.69) is 14.7 Å². The summed E-state index contributed by atoms with van der Waals surface area (Å²) in [6.45, 7) is 0.0945. The smallest absolute Gasteiger partial charge is 0.242 e. The van der Waals surface area contributed by atoms with Gasteiger partial charge in [-0.3, -0.25) is 0 Å². The number of aromatic amines is 1. The van der Waals surface area contributed by atoms with E-state index < -0.39 is 21.4 Å². The van der Waals surface area contributed by atoms with Crippen molar-refractivity contribution in [2.45, 2.75) is 11.3 Å². The van der Waals surface area contributed by atoms with Crippen LogP contribution >= 0.6 is 0 Å². The molecule has 2 aromatic rings. The second kappa shape index (κ2) is 5.81. The Bertz CT molecular complexity index is 735. The van der Waals surface area contributed by atoms with Crippen LogP contribution in [0.1, 0.15) is 11.4 Å². The van der Waals surface area contributed by atoms with Crippen LogP contribution in [0.3, 0.4) is 0 Å². The number of H-pyrrole nitrogens is 1. The minimum absolute atomic E-state index is 0.0945. The molecule has 0 amide bonds. The molecule has 0 spiro atoms. The Kier molecular flexibility index (Phi) is 4.12. The monoisotopic (exact) mass is 294 g/mol. The predicted molar refractivity (Wildman–Crippen MR) is 68.6 cm³/mol. The van der Waals surface area contributed by atoms with Gasteiger partial charge in [-0.2, -0.15) is 5.26 Å². The van der Waals surface area contributed by atoms with Crippen LogP contribution in [0.4, 0.5) is 4.39 Å². The largest absolute Gasteiger partial charge is 0.349 e. The van der Waals surface area contributed by atoms with Crippen molar-refractivity contribution in [1.82, 2.24) is 14.7 Å². The molecule has 0 fully saturated rings. The van der Waals surface area contributed by atoms with Gasteiger partial charge in [0.1, 0.15) is 28.2 Å². The Hall–Kier alpha value is -2.24. The van der Waals surface area contributed by atoms with Crippen LogP contribution < -0.4 is 4.72 Å². The number of halogens is 1. The van der Waals surface area contributed by atoms with Crippen molar-refractivity contribution in [3.63, 3.8) is 0 Å². The fourth-order valence-electron chi connectivity index (χ4n) is 1.65. The first-order valence-corrected chi connectivity index (χ1v) is 7.19. The zero-order valence-electron chi connectivity index (χ0n) is 10.3. The van der Waals surface area contributed by atoms with Crippen molar-refractivity contribution in [3.8, 4) is 6.07 Å². The van der Waals surface area contributed by atoms with Gasteiger partial charge in [-0.1, -0.05) is 6.07 Å². The van der Waals surface area contributed by atoms with Crippen LogP contribution in [-0.4, -0.2) is 24.9 Å². The lowest BCUT2D eigenvalue weighted by atomic mass is 10.2. The minimum atomic E-state index is -3.93. The van der Waals surface area contributed by atoms with Gasteiger partial charge in [0.2, 0.25) is 10.0 Å². The molecule has 0 bridgehead atoms. The fraction of sp³-hybridized carbons (Fsp3) is 0.167. The molecule has 1 aromatic heterocycles. The lowest BCUT2D eigenvalue weighted by molar-refractivity contribution is 0.576. The lowest BCUT2D eigenvalue weighted by Gasteiger charge is -2.07. The van der Waals surface area contributed by atoms with E-state index >= 15 is 0 Å². The van der Waals surface area contributed by atoms with Crippen LogP contribution in [0.2, 0.25) is 0 Å². The molecule has 0 aliphatic carbocycles. The van der Waals surface area contributed by atoms with Crippen molar-refractivity contribution in [3.05, 3.63) is 47.8 Å². The van der Waals surface area contributed by atoms with Crippen LogP contribution in [0, 0.1) is 17.1 Å². The van der Waals surface area contributed by atoms with Gasteiger partial charge in [-0.15, -0.1) is 0 Å². The SMILES string of the molecule is N#Cc1c(F)cccc1S(=O)(=O)NCCc1ncc[nH]1. The Morgan fingerprint density at radius 1 is 1.45 bits per heavy atom. The first-order valence-electron chi connectivity index (χ1n) is 5.71. The molecule has 0 atom stereocenters. The van der Waals surface area contributed by atoms with Gasteiger partial charge in [-0.05, 0) is 12.1 Å². The van der Waals surface area contributed by atoms with Gasteiger partial charge in [0.25, 0.3) is 0 Å². The summed E-state index contributed by atoms with van der Waals surface area (Å²) < 4.78 is 39.8. The maximum absolute atomic E-state index is 13.4. The van der Waals surface area contributed by atoms with Gasteiger partial charge in [0, 0.05) is 25.4 Å². The fourth-order valence-corrected chi connectivity index (χ4v) is 2.85. The van der Waals surface area contributed by atoms with Crippen LogP contribution in [-0.2, 0) is 16.4 Å². The lowest BCUT2D eigenvalue weighted by Crippen LogP contribution is -2.27. The van der Waals surface area contributed by atoms with E-state index in [0.717, 1.165) is 6.07 Å². The third-order valence-corrected chi connectivity index (χ3v) is 4.09. The zero-order valence-corrected chi connectivity index (χ0v) is 11.1. The number of hydrogen-bond acceptors (Lipinski definition) is 4. The van der Waals surface area contributed by atoms with Gasteiger partial charge >= 0.3 is 0 Å². The van der Waals surface area contributed by atoms with Crippen LogP contribution in [0.15, 0.2) is 35.5 Å². The summed E-state index contributed by atoms with van der Waals surface area (Å²) >= 11 is 0. The summed E-state index contributed by atoms with van der Waals surface area (Å²) in [6.07, 6.45) is 3.55. The van der Waals surface area contributed by atoms with E-state index in [1.807, 2.05) is 0 Å². The summed E-state index contributed by atoms with van der Waals surface area (Å²) in [6, 6.07) is 5.04. The van der Waals surface area contributed by atoms with Crippen molar-refractivity contribution in [2.24, 2.45) is 0 Å². The second-order valence-corrected chi connectivity index (χ2v) is 5.64. The highest BCUT2D eigenvalue weighted by molar-refractivity contribution is 7.89. The molecule has 8 heteroatoms. The number of rotatable bonds is 5. The molecule has 0 unspecified atom stereocenters. The van der Waals surface area contributed by atoms with E-state index in [1.54, 1.807) is 18.5 Å². The number of nitrogens with zero attached hydrogens (tertiary/aromatic N) is 2. The van der Waals surface area contributed by atoms with E-state index in [-0.39, 0.29) is 11.4 Å². The Labute approximate surface area is 115 Å². The second-order valence-electron chi connectivity index (χ2n) is 3.91. The number of sulfonamides is 1. The summed E-state index contributed by atoms with van der Waals surface area (Å²) in [7, 11) is -3.93. The van der Waals surface area contributed by atoms with Gasteiger partial charge < -0.3 is 4.98 Å². The molecule has 2 N–H and O–H groups in total. The third kappa shape index (κ3) is 3.01. The normalized spacial score (nSPS) is 11.2. The highest BCUT2D eigenvalue weighted by Crippen LogP contribution is 2.17. The number of benzene rings is 1. The topological polar surface area (TPSA) is 98.6 Å². The predicted octanol–water partition coefficient (Wildman–Crippen LogP) is 0.941. The molecule has 104 valence electrons. The van der Waals surface area contributed by atoms with Gasteiger partial charge in [0.15, 0.2) is 0 Å². The first-order chi connectivity index (χ1) is 9.54. The van der Waals surface area contributed by atoms with Crippen LogP contribution in [0.25, 0.3) is 0 Å². The highest BCUT2D eigenvalue weighted by Gasteiger charge is 2.20. The molecule has 1 heterocycles. The average molecular weight is 294 g/mol. The quantitative estimate of drug-likeness (QED) is 0.857. The molecule has 0 aliphatic rings. The standard InChI is InChI=1S/C12H11FN4O2S/c13-10-2-1-3-11(9(10)8-14)20(18,19)17-5-4-12-15-6-7-16-12/h1-3,6-7,17H,4-5H2,(H,15,16). The van der Waals surface area contributed by atoms with Crippen molar-refractivity contribution >= 4 is 10.0 Å². The van der Waals surface area contributed by atoms with Gasteiger partial charge in [0.05, 0.1) is 0 Å². The molecule has 0 radical (unpaired) electrons. The Morgan fingerprint density at radius 2 is 2.25 bits per heavy atom.